The molecule has 1 aromatic carbocycles. The Hall–Kier alpha value is -0.480. The summed E-state index contributed by atoms with van der Waals surface area (Å²) in [4.78, 5) is 16.5. The van der Waals surface area contributed by atoms with Gasteiger partial charge in [-0.25, -0.2) is 0 Å². The predicted octanol–water partition coefficient (Wildman–Crippen LogP) is 3.62. The maximum Gasteiger partial charge on any atom is 0.226 e. The van der Waals surface area contributed by atoms with E-state index in [4.69, 9.17) is 0 Å². The molecule has 0 aliphatic carbocycles. The molecule has 0 aliphatic heterocycles. The summed E-state index contributed by atoms with van der Waals surface area (Å²) in [7, 11) is 0. The summed E-state index contributed by atoms with van der Waals surface area (Å²) in [5.41, 5.74) is 1.88. The van der Waals surface area contributed by atoms with Gasteiger partial charge < -0.3 is 16.0 Å². The molecule has 1 amide bonds. The van der Waals surface area contributed by atoms with E-state index in [0.29, 0.717) is 13.0 Å². The summed E-state index contributed by atoms with van der Waals surface area (Å²) in [6, 6.07) is 5.84. The number of nitrogens with zero attached hydrogens (tertiary/aromatic N) is 1. The van der Waals surface area contributed by atoms with Crippen molar-refractivity contribution in [2.24, 2.45) is 4.99 Å². The molecule has 0 atom stereocenters. The molecule has 136 valence electrons. The third kappa shape index (κ3) is 9.73. The zero-order valence-electron chi connectivity index (χ0n) is 14.3. The van der Waals surface area contributed by atoms with Gasteiger partial charge in [0.1, 0.15) is 0 Å². The second-order valence-corrected chi connectivity index (χ2v) is 6.84. The molecule has 0 unspecified atom stereocenters. The minimum Gasteiger partial charge on any atom is -0.357 e. The van der Waals surface area contributed by atoms with Gasteiger partial charge in [0.25, 0.3) is 0 Å². The Morgan fingerprint density at radius 3 is 2.75 bits per heavy atom. The lowest BCUT2D eigenvalue weighted by Gasteiger charge is -2.12. The lowest BCUT2D eigenvalue weighted by atomic mass is 10.2. The molecule has 0 heterocycles. The number of hydrogen-bond donors (Lipinski definition) is 3. The fourth-order valence-electron chi connectivity index (χ4n) is 1.83. The number of carbonyl (C=O) groups is 1. The first-order valence-electron chi connectivity index (χ1n) is 7.64. The normalized spacial score (nSPS) is 10.8. The van der Waals surface area contributed by atoms with Gasteiger partial charge in [-0.05, 0) is 37.8 Å². The standard InChI is InChI=1S/C16H25BrN4OS.HI/c1-4-18-16(20-9-10-23-3)19-8-7-15(22)21-14-11-13(17)6-5-12(14)2;/h5-6,11H,4,7-10H2,1-3H3,(H,21,22)(H2,18,19,20);1H. The third-order valence-corrected chi connectivity index (χ3v) is 4.11. The molecule has 0 aliphatic rings. The van der Waals surface area contributed by atoms with Crippen LogP contribution in [-0.4, -0.2) is 43.5 Å². The molecule has 5 nitrogen and oxygen atoms in total. The summed E-state index contributed by atoms with van der Waals surface area (Å²) in [5.74, 6) is 1.73. The molecule has 0 aromatic heterocycles. The number of aryl methyl sites for hydroxylation is 1. The Kier molecular flexibility index (Phi) is 13.5. The monoisotopic (exact) mass is 528 g/mol. The zero-order valence-corrected chi connectivity index (χ0v) is 19.1. The van der Waals surface area contributed by atoms with E-state index >= 15 is 0 Å². The van der Waals surface area contributed by atoms with E-state index in [9.17, 15) is 4.79 Å². The molecule has 1 rings (SSSR count). The number of hydrogen-bond acceptors (Lipinski definition) is 3. The Morgan fingerprint density at radius 1 is 1.33 bits per heavy atom. The topological polar surface area (TPSA) is 65.5 Å². The van der Waals surface area contributed by atoms with Gasteiger partial charge in [0, 0.05) is 35.4 Å². The Labute approximate surface area is 174 Å². The Balaban J connectivity index is 0.00000529. The van der Waals surface area contributed by atoms with E-state index in [-0.39, 0.29) is 29.9 Å². The highest BCUT2D eigenvalue weighted by atomic mass is 127. The molecular formula is C16H26BrIN4OS. The number of nitrogens with one attached hydrogen (secondary N) is 3. The van der Waals surface area contributed by atoms with Gasteiger partial charge in [0.05, 0.1) is 6.54 Å². The quantitative estimate of drug-likeness (QED) is 0.209. The molecule has 8 heteroatoms. The van der Waals surface area contributed by atoms with Crippen LogP contribution in [-0.2, 0) is 4.79 Å². The first-order valence-corrected chi connectivity index (χ1v) is 9.82. The van der Waals surface area contributed by atoms with Crippen molar-refractivity contribution in [2.45, 2.75) is 20.3 Å². The molecular weight excluding hydrogens is 503 g/mol. The van der Waals surface area contributed by atoms with Crippen molar-refractivity contribution in [1.29, 1.82) is 0 Å². The summed E-state index contributed by atoms with van der Waals surface area (Å²) in [5, 5.41) is 9.29. The highest BCUT2D eigenvalue weighted by Gasteiger charge is 2.06. The molecule has 0 spiro atoms. The van der Waals surface area contributed by atoms with Crippen molar-refractivity contribution in [2.75, 3.05) is 37.0 Å². The molecule has 0 fully saturated rings. The highest BCUT2D eigenvalue weighted by molar-refractivity contribution is 14.0. The number of rotatable bonds is 8. The first-order chi connectivity index (χ1) is 11.1. The average Bonchev–Trinajstić information content (AvgIpc) is 2.51. The van der Waals surface area contributed by atoms with Crippen molar-refractivity contribution < 1.29 is 4.79 Å². The largest absolute Gasteiger partial charge is 0.357 e. The fraction of sp³-hybridized carbons (Fsp3) is 0.500. The molecule has 0 radical (unpaired) electrons. The van der Waals surface area contributed by atoms with E-state index in [1.807, 2.05) is 32.0 Å². The van der Waals surface area contributed by atoms with E-state index in [0.717, 1.165) is 40.5 Å². The van der Waals surface area contributed by atoms with Crippen LogP contribution in [0.25, 0.3) is 0 Å². The lowest BCUT2D eigenvalue weighted by molar-refractivity contribution is -0.116. The number of benzene rings is 1. The van der Waals surface area contributed by atoms with Gasteiger partial charge in [-0.2, -0.15) is 11.8 Å². The average molecular weight is 529 g/mol. The van der Waals surface area contributed by atoms with Gasteiger partial charge in [-0.3, -0.25) is 9.79 Å². The molecule has 0 saturated carbocycles. The number of halogens is 2. The SMILES string of the molecule is CCNC(=NCCSC)NCCC(=O)Nc1cc(Br)ccc1C.I. The maximum atomic E-state index is 12.0. The van der Waals surface area contributed by atoms with E-state index in [1.165, 1.54) is 0 Å². The minimum atomic E-state index is -0.0151. The minimum absolute atomic E-state index is 0. The van der Waals surface area contributed by atoms with Crippen molar-refractivity contribution in [1.82, 2.24) is 10.6 Å². The van der Waals surface area contributed by atoms with Crippen LogP contribution in [0.2, 0.25) is 0 Å². The van der Waals surface area contributed by atoms with Crippen LogP contribution in [0.4, 0.5) is 5.69 Å². The van der Waals surface area contributed by atoms with E-state index in [1.54, 1.807) is 11.8 Å². The number of amides is 1. The van der Waals surface area contributed by atoms with E-state index in [2.05, 4.69) is 43.1 Å². The summed E-state index contributed by atoms with van der Waals surface area (Å²) in [6.45, 7) is 6.11. The van der Waals surface area contributed by atoms with Crippen LogP contribution in [0.15, 0.2) is 27.7 Å². The number of aliphatic imine (C=N–C) groups is 1. The van der Waals surface area contributed by atoms with Crippen molar-refractivity contribution in [3.8, 4) is 0 Å². The zero-order chi connectivity index (χ0) is 17.1. The third-order valence-electron chi connectivity index (χ3n) is 3.03. The van der Waals surface area contributed by atoms with E-state index < -0.39 is 0 Å². The maximum absolute atomic E-state index is 12.0. The first kappa shape index (κ1) is 23.5. The summed E-state index contributed by atoms with van der Waals surface area (Å²) in [6.07, 6.45) is 2.45. The summed E-state index contributed by atoms with van der Waals surface area (Å²) >= 11 is 5.18. The number of carbonyl (C=O) groups excluding carboxylic acids is 1. The molecule has 3 N–H and O–H groups in total. The van der Waals surface area contributed by atoms with Crippen LogP contribution in [0.5, 0.6) is 0 Å². The van der Waals surface area contributed by atoms with Crippen molar-refractivity contribution in [3.63, 3.8) is 0 Å². The molecule has 24 heavy (non-hydrogen) atoms. The van der Waals surface area contributed by atoms with Crippen molar-refractivity contribution >= 4 is 69.2 Å². The van der Waals surface area contributed by atoms with Gasteiger partial charge in [0.15, 0.2) is 5.96 Å². The number of anilines is 1. The second-order valence-electron chi connectivity index (χ2n) is 4.94. The van der Waals surface area contributed by atoms with Crippen LogP contribution in [0.1, 0.15) is 18.9 Å². The molecule has 1 aromatic rings. The van der Waals surface area contributed by atoms with Gasteiger partial charge in [-0.1, -0.05) is 22.0 Å². The second kappa shape index (κ2) is 13.8. The predicted molar refractivity (Wildman–Crippen MR) is 120 cm³/mol. The van der Waals surface area contributed by atoms with Crippen LogP contribution >= 0.6 is 51.7 Å². The smallest absolute Gasteiger partial charge is 0.226 e. The van der Waals surface area contributed by atoms with Gasteiger partial charge in [0.2, 0.25) is 5.91 Å². The highest BCUT2D eigenvalue weighted by Crippen LogP contribution is 2.20. The summed E-state index contributed by atoms with van der Waals surface area (Å²) < 4.78 is 0.951. The Bertz CT molecular complexity index is 543. The van der Waals surface area contributed by atoms with Crippen LogP contribution in [0.3, 0.4) is 0 Å². The fourth-order valence-corrected chi connectivity index (χ4v) is 2.46. The van der Waals surface area contributed by atoms with Crippen LogP contribution < -0.4 is 16.0 Å². The molecule has 0 saturated heterocycles. The lowest BCUT2D eigenvalue weighted by Crippen LogP contribution is -2.38. The van der Waals surface area contributed by atoms with Gasteiger partial charge >= 0.3 is 0 Å². The van der Waals surface area contributed by atoms with Crippen molar-refractivity contribution in [3.05, 3.63) is 28.2 Å². The molecule has 0 bridgehead atoms. The number of guanidine groups is 1. The van der Waals surface area contributed by atoms with Gasteiger partial charge in [-0.15, -0.1) is 24.0 Å². The number of thioether (sulfide) groups is 1. The Morgan fingerprint density at radius 2 is 2.08 bits per heavy atom. The van der Waals surface area contributed by atoms with Crippen LogP contribution in [0, 0.1) is 6.92 Å².